The lowest BCUT2D eigenvalue weighted by Gasteiger charge is -2.17. The average Bonchev–Trinajstić information content (AvgIpc) is 1.71. The Labute approximate surface area is 841 Å². The SMILES string of the molecule is CCc1cccc(C(=O)Cl)c1COc1ccc(C)cc1C(F)(F)F.Cc1ccc(OCc2c(Br)cccc2C(=O)Cl)c(C(F)(F)F)c1.Cc1ccc(OCc2c(C(=O)Cl)cccc2C2CC2)c(C(F)(F)F)c1.Cc1ccc(OCc2c(C)cccc2C(=O)Cl)c(C(F)(F)F)c1.Cc1ccc(OCc2c(C)cccc2C(=O)Cl)c(C(F)(F)F)c1.Cc1ccc(OCc2c(Cl)cccc2C(=O)Cl)c(C(F)(F)F)c1. The quantitative estimate of drug-likeness (QED) is 0.0374. The molecule has 0 amide bonds. The van der Waals surface area contributed by atoms with Crippen LogP contribution in [0, 0.1) is 55.4 Å². The Morgan fingerprint density at radius 1 is 0.284 bits per heavy atom. The standard InChI is InChI=1S/C19H16ClF3O2.C18H16ClF3O2.2C17H14ClF3O2.C16H11BrClF3O2.C16H11Cl2F3O2/c1-11-5-8-17(16(9-11)19(21,22)23)25-10-15-13(12-6-7-12)3-2-4-14(15)18(20)24;1-3-12-5-4-6-13(17(19)23)14(12)10-24-16-8-7-11(2)9-15(16)18(20,21)22;2*1-10-6-7-15(14(8-10)17(19,20)21)23-9-13-11(2)4-3-5-12(13)16(18)22;2*1-9-5-6-14(12(7-9)16(19,20)21)23-8-11-10(15(18)22)3-2-4-13(11)17/h2-5,8-9,12H,6-7,10H2,1H3;4-9H,3,10H2,1-2H3;2*3-8H,9H2,1-2H3;2*2-7H,8H2,1H3. The van der Waals surface area contributed by atoms with Gasteiger partial charge < -0.3 is 28.4 Å². The van der Waals surface area contributed by atoms with Gasteiger partial charge in [0, 0.05) is 76.3 Å². The van der Waals surface area contributed by atoms with E-state index in [2.05, 4.69) is 15.9 Å². The fourth-order valence-corrected chi connectivity index (χ4v) is 15.6. The zero-order valence-corrected chi connectivity index (χ0v) is 82.3. The minimum atomic E-state index is -4.55. The molecule has 13 rings (SSSR count). The smallest absolute Gasteiger partial charge is 0.419 e. The Bertz CT molecular complexity index is 6030. The van der Waals surface area contributed by atoms with Crippen molar-refractivity contribution in [1.82, 2.24) is 0 Å². The van der Waals surface area contributed by atoms with Crippen LogP contribution in [-0.2, 0) is 83.1 Å². The second kappa shape index (κ2) is 50.1. The number of rotatable bonds is 26. The summed E-state index contributed by atoms with van der Waals surface area (Å²) in [5, 5.41) is -3.92. The molecule has 0 heterocycles. The molecule has 1 aliphatic carbocycles. The van der Waals surface area contributed by atoms with E-state index in [4.69, 9.17) is 110 Å². The average molecular weight is 2180 g/mol. The van der Waals surface area contributed by atoms with Crippen LogP contribution in [0.1, 0.15) is 210 Å². The summed E-state index contributed by atoms with van der Waals surface area (Å²) in [5.41, 5.74) is 4.88. The minimum absolute atomic E-state index is 0.0971. The Morgan fingerprint density at radius 2 is 0.504 bits per heavy atom. The van der Waals surface area contributed by atoms with Crippen molar-refractivity contribution in [3.8, 4) is 34.5 Å². The van der Waals surface area contributed by atoms with E-state index in [1.165, 1.54) is 103 Å². The van der Waals surface area contributed by atoms with Crippen LogP contribution < -0.4 is 28.4 Å². The van der Waals surface area contributed by atoms with Crippen LogP contribution in [0.5, 0.6) is 34.5 Å². The van der Waals surface area contributed by atoms with Crippen LogP contribution in [0.25, 0.3) is 0 Å². The van der Waals surface area contributed by atoms with E-state index in [-0.39, 0.29) is 118 Å². The highest BCUT2D eigenvalue weighted by atomic mass is 79.9. The Balaban J connectivity index is 0.000000207. The van der Waals surface area contributed by atoms with E-state index in [1.807, 2.05) is 13.0 Å². The molecule has 1 fully saturated rings. The van der Waals surface area contributed by atoms with Gasteiger partial charge in [0.15, 0.2) is 0 Å². The van der Waals surface area contributed by atoms with Gasteiger partial charge in [-0.05, 0) is 294 Å². The fourth-order valence-electron chi connectivity index (χ4n) is 13.8. The lowest BCUT2D eigenvalue weighted by Crippen LogP contribution is -2.11. The summed E-state index contributed by atoms with van der Waals surface area (Å²) in [7, 11) is 0. The first-order valence-electron chi connectivity index (χ1n) is 41.8. The second-order valence-electron chi connectivity index (χ2n) is 31.5. The molecule has 0 aliphatic heterocycles. The normalized spacial score (nSPS) is 11.9. The van der Waals surface area contributed by atoms with Crippen molar-refractivity contribution in [2.75, 3.05) is 0 Å². The van der Waals surface area contributed by atoms with Crippen LogP contribution in [0.3, 0.4) is 0 Å². The van der Waals surface area contributed by atoms with Crippen molar-refractivity contribution in [2.45, 2.75) is 164 Å². The largest absolute Gasteiger partial charge is 0.488 e. The fraction of sp³-hybridized carbons (Fsp3) is 0.243. The van der Waals surface area contributed by atoms with E-state index in [0.717, 1.165) is 71.5 Å². The van der Waals surface area contributed by atoms with Crippen molar-refractivity contribution < 1.29 is 136 Å². The molecule has 12 nitrogen and oxygen atoms in total. The summed E-state index contributed by atoms with van der Waals surface area (Å²) in [6, 6.07) is 52.2. The molecule has 0 unspecified atom stereocenters. The number of ether oxygens (including phenoxy) is 6. The maximum Gasteiger partial charge on any atom is 0.419 e. The van der Waals surface area contributed by atoms with Crippen molar-refractivity contribution in [2.24, 2.45) is 0 Å². The van der Waals surface area contributed by atoms with Gasteiger partial charge in [-0.25, -0.2) is 0 Å². The topological polar surface area (TPSA) is 158 Å². The molecule has 12 aromatic carbocycles. The highest BCUT2D eigenvalue weighted by Crippen LogP contribution is 2.47. The Morgan fingerprint density at radius 3 is 0.780 bits per heavy atom. The van der Waals surface area contributed by atoms with Crippen LogP contribution >= 0.6 is 97.1 Å². The highest BCUT2D eigenvalue weighted by Gasteiger charge is 2.41. The summed E-state index contributed by atoms with van der Waals surface area (Å²) in [5.74, 6) is -1.40. The van der Waals surface area contributed by atoms with Crippen molar-refractivity contribution in [3.05, 3.63) is 384 Å². The van der Waals surface area contributed by atoms with Gasteiger partial charge in [-0.1, -0.05) is 165 Å². The third kappa shape index (κ3) is 33.1. The first kappa shape index (κ1) is 115. The molecule has 38 heteroatoms. The van der Waals surface area contributed by atoms with Crippen molar-refractivity contribution in [1.29, 1.82) is 0 Å². The molecule has 0 radical (unpaired) electrons. The molecule has 1 aliphatic rings. The summed E-state index contributed by atoms with van der Waals surface area (Å²) in [6.45, 7) is 13.6. The second-order valence-corrected chi connectivity index (χ2v) is 34.9. The highest BCUT2D eigenvalue weighted by molar-refractivity contribution is 9.10. The molecule has 0 spiro atoms. The third-order valence-corrected chi connectivity index (χ3v) is 23.4. The van der Waals surface area contributed by atoms with Crippen LogP contribution in [-0.4, -0.2) is 31.5 Å². The number of alkyl halides is 18. The first-order valence-corrected chi connectivity index (χ1v) is 45.2. The Hall–Kier alpha value is -11.3. The third-order valence-electron chi connectivity index (χ3n) is 21.1. The van der Waals surface area contributed by atoms with Gasteiger partial charge in [-0.2, -0.15) is 79.0 Å². The molecule has 0 bridgehead atoms. The molecular weight excluding hydrogens is 2100 g/mol. The first-order chi connectivity index (χ1) is 65.8. The predicted molar refractivity (Wildman–Crippen MR) is 506 cm³/mol. The van der Waals surface area contributed by atoms with Gasteiger partial charge in [0.1, 0.15) is 74.1 Å². The van der Waals surface area contributed by atoms with Crippen LogP contribution in [0.2, 0.25) is 5.02 Å². The lowest BCUT2D eigenvalue weighted by atomic mass is 9.98. The van der Waals surface area contributed by atoms with Gasteiger partial charge >= 0.3 is 37.1 Å². The van der Waals surface area contributed by atoms with Crippen molar-refractivity contribution in [3.63, 3.8) is 0 Å². The number of carbonyl (C=O) groups excluding carboxylic acids is 6. The summed E-state index contributed by atoms with van der Waals surface area (Å²) >= 11 is 42.4. The van der Waals surface area contributed by atoms with Gasteiger partial charge in [0.2, 0.25) is 0 Å². The van der Waals surface area contributed by atoms with Crippen LogP contribution in [0.15, 0.2) is 223 Å². The maximum absolute atomic E-state index is 13.2. The predicted octanol–water partition coefficient (Wildman–Crippen LogP) is 33.3. The van der Waals surface area contributed by atoms with E-state index >= 15 is 0 Å². The zero-order valence-electron chi connectivity index (χ0n) is 75.5. The zero-order chi connectivity index (χ0) is 105. The number of hydrogen-bond acceptors (Lipinski definition) is 12. The molecule has 748 valence electrons. The molecule has 0 saturated heterocycles. The van der Waals surface area contributed by atoms with Gasteiger partial charge in [0.05, 0.1) is 33.4 Å². The monoisotopic (exact) mass is 2180 g/mol. The summed E-state index contributed by atoms with van der Waals surface area (Å²) < 4.78 is 269. The van der Waals surface area contributed by atoms with Crippen LogP contribution in [0.4, 0.5) is 79.0 Å². The minimum Gasteiger partial charge on any atom is -0.488 e. The molecule has 141 heavy (non-hydrogen) atoms. The molecule has 0 aromatic heterocycles. The number of hydrogen-bond donors (Lipinski definition) is 0. The van der Waals surface area contributed by atoms with E-state index in [0.29, 0.717) is 78.0 Å². The van der Waals surface area contributed by atoms with Crippen molar-refractivity contribution >= 4 is 129 Å². The van der Waals surface area contributed by atoms with E-state index in [9.17, 15) is 108 Å². The van der Waals surface area contributed by atoms with E-state index in [1.54, 1.807) is 128 Å². The summed E-state index contributed by atoms with van der Waals surface area (Å²) in [6.07, 6.45) is -24.5. The number of carbonyl (C=O) groups is 6. The Kier molecular flexibility index (Phi) is 40.8. The molecule has 0 atom stereocenters. The summed E-state index contributed by atoms with van der Waals surface area (Å²) in [4.78, 5) is 68.9. The molecule has 1 saturated carbocycles. The van der Waals surface area contributed by atoms with Gasteiger partial charge in [0.25, 0.3) is 31.5 Å². The maximum atomic E-state index is 13.2. The van der Waals surface area contributed by atoms with Gasteiger partial charge in [-0.3, -0.25) is 28.8 Å². The molecular formula is C103H82BrCl7F18O12. The van der Waals surface area contributed by atoms with E-state index < -0.39 is 102 Å². The number of benzene rings is 12. The molecule has 0 N–H and O–H groups in total. The number of aryl methyl sites for hydroxylation is 9. The molecule has 12 aromatic rings. The number of halogens is 26. The lowest BCUT2D eigenvalue weighted by molar-refractivity contribution is -0.139. The van der Waals surface area contributed by atoms with Gasteiger partial charge in [-0.15, -0.1) is 0 Å².